The number of halogens is 2. The molecule has 1 aliphatic carbocycles. The van der Waals surface area contributed by atoms with Crippen LogP contribution in [0.5, 0.6) is 0 Å². The molecule has 11 heteroatoms. The number of rotatable bonds is 9. The van der Waals surface area contributed by atoms with Gasteiger partial charge < -0.3 is 11.1 Å². The molecule has 2 aromatic rings. The van der Waals surface area contributed by atoms with Crippen molar-refractivity contribution in [2.45, 2.75) is 31.1 Å². The molecule has 1 aliphatic rings. The van der Waals surface area contributed by atoms with E-state index in [1.54, 1.807) is 0 Å². The highest BCUT2D eigenvalue weighted by atomic mass is 35.5. The second-order valence-electron chi connectivity index (χ2n) is 7.68. The molecule has 1 atom stereocenters. The molecule has 1 unspecified atom stereocenters. The molecule has 0 saturated carbocycles. The molecular weight excluding hydrogens is 493 g/mol. The molecule has 0 spiro atoms. The monoisotopic (exact) mass is 517 g/mol. The largest absolute Gasteiger partial charge is 0.365 e. The van der Waals surface area contributed by atoms with E-state index >= 15 is 0 Å². The fourth-order valence-corrected chi connectivity index (χ4v) is 7.04. The molecule has 3 rings (SSSR count). The van der Waals surface area contributed by atoms with E-state index in [4.69, 9.17) is 28.9 Å². The van der Waals surface area contributed by atoms with Gasteiger partial charge in [0.25, 0.3) is 11.8 Å². The van der Waals surface area contributed by atoms with Gasteiger partial charge in [-0.1, -0.05) is 6.92 Å². The molecule has 174 valence electrons. The summed E-state index contributed by atoms with van der Waals surface area (Å²) >= 11 is 12.8. The van der Waals surface area contributed by atoms with Gasteiger partial charge in [-0.3, -0.25) is 9.59 Å². The van der Waals surface area contributed by atoms with Gasteiger partial charge in [-0.05, 0) is 55.0 Å². The normalized spacial score (nSPS) is 16.1. The summed E-state index contributed by atoms with van der Waals surface area (Å²) < 4.78 is 26.8. The van der Waals surface area contributed by atoms with E-state index in [0.29, 0.717) is 16.5 Å². The number of primary amides is 1. The van der Waals surface area contributed by atoms with Gasteiger partial charge >= 0.3 is 0 Å². The third-order valence-corrected chi connectivity index (χ3v) is 8.86. The van der Waals surface area contributed by atoms with E-state index in [1.165, 1.54) is 39.9 Å². The first-order valence-electron chi connectivity index (χ1n) is 10.2. The molecule has 0 aliphatic heterocycles. The number of carbonyl (C=O) groups excluding carboxylic acids is 2. The van der Waals surface area contributed by atoms with Crippen molar-refractivity contribution < 1.29 is 18.0 Å². The molecule has 1 aromatic carbocycles. The highest BCUT2D eigenvalue weighted by molar-refractivity contribution is 7.89. The number of anilines is 1. The topological polar surface area (TPSA) is 110 Å². The van der Waals surface area contributed by atoms with Crippen LogP contribution in [0, 0.1) is 5.92 Å². The summed E-state index contributed by atoms with van der Waals surface area (Å²) in [6.07, 6.45) is 2.64. The zero-order valence-electron chi connectivity index (χ0n) is 17.6. The van der Waals surface area contributed by atoms with Crippen molar-refractivity contribution in [3.05, 3.63) is 45.8 Å². The highest BCUT2D eigenvalue weighted by Crippen LogP contribution is 2.39. The highest BCUT2D eigenvalue weighted by Gasteiger charge is 2.28. The second kappa shape index (κ2) is 10.5. The number of nitrogens with two attached hydrogens (primary N) is 1. The lowest BCUT2D eigenvalue weighted by Gasteiger charge is -2.20. The molecule has 0 bridgehead atoms. The van der Waals surface area contributed by atoms with Gasteiger partial charge in [-0.25, -0.2) is 8.42 Å². The minimum atomic E-state index is -3.78. The Balaban J connectivity index is 1.82. The Bertz CT molecular complexity index is 1090. The third-order valence-electron chi connectivity index (χ3n) is 5.40. The first-order valence-corrected chi connectivity index (χ1v) is 13.5. The number of aryl methyl sites for hydroxylation is 1. The summed E-state index contributed by atoms with van der Waals surface area (Å²) in [5.41, 5.74) is 7.18. The first-order chi connectivity index (χ1) is 15.2. The number of alkyl halides is 2. The minimum absolute atomic E-state index is 0.0442. The molecule has 3 N–H and O–H groups in total. The Labute approximate surface area is 201 Å². The summed E-state index contributed by atoms with van der Waals surface area (Å²) in [5, 5.41) is 3.22. The number of hydrogen-bond acceptors (Lipinski definition) is 5. The predicted octanol–water partition coefficient (Wildman–Crippen LogP) is 3.69. The second-order valence-corrected chi connectivity index (χ2v) is 11.5. The molecule has 0 fully saturated rings. The van der Waals surface area contributed by atoms with E-state index in [9.17, 15) is 18.0 Å². The molecule has 7 nitrogen and oxygen atoms in total. The van der Waals surface area contributed by atoms with Crippen LogP contribution in [0.3, 0.4) is 0 Å². The van der Waals surface area contributed by atoms with Gasteiger partial charge in [0.2, 0.25) is 10.0 Å². The first kappa shape index (κ1) is 25.0. The van der Waals surface area contributed by atoms with Crippen molar-refractivity contribution in [2.75, 3.05) is 30.2 Å². The van der Waals surface area contributed by atoms with Crippen LogP contribution in [0.2, 0.25) is 0 Å². The Kier molecular flexibility index (Phi) is 8.21. The average molecular weight is 518 g/mol. The van der Waals surface area contributed by atoms with Crippen LogP contribution < -0.4 is 11.1 Å². The summed E-state index contributed by atoms with van der Waals surface area (Å²) in [6.45, 7) is 2.40. The maximum Gasteiger partial charge on any atom is 0.256 e. The Morgan fingerprint density at radius 1 is 1.19 bits per heavy atom. The molecule has 0 saturated heterocycles. The molecule has 2 amide bonds. The van der Waals surface area contributed by atoms with Crippen LogP contribution in [-0.2, 0) is 22.9 Å². The zero-order valence-corrected chi connectivity index (χ0v) is 20.7. The van der Waals surface area contributed by atoms with Crippen molar-refractivity contribution in [1.82, 2.24) is 4.31 Å². The van der Waals surface area contributed by atoms with Gasteiger partial charge in [-0.15, -0.1) is 34.5 Å². The lowest BCUT2D eigenvalue weighted by Crippen LogP contribution is -2.34. The van der Waals surface area contributed by atoms with Crippen molar-refractivity contribution in [3.63, 3.8) is 0 Å². The number of thiophene rings is 1. The number of nitrogens with one attached hydrogen (secondary N) is 1. The third kappa shape index (κ3) is 5.28. The van der Waals surface area contributed by atoms with E-state index in [0.717, 1.165) is 29.7 Å². The van der Waals surface area contributed by atoms with Crippen LogP contribution in [0.25, 0.3) is 0 Å². The van der Waals surface area contributed by atoms with Crippen molar-refractivity contribution in [2.24, 2.45) is 11.7 Å². The van der Waals surface area contributed by atoms with Gasteiger partial charge in [0.15, 0.2) is 0 Å². The number of fused-ring (bicyclic) bond motifs is 1. The van der Waals surface area contributed by atoms with Crippen molar-refractivity contribution >= 4 is 61.4 Å². The van der Waals surface area contributed by atoms with E-state index in [-0.39, 0.29) is 35.3 Å². The summed E-state index contributed by atoms with van der Waals surface area (Å²) in [5.74, 6) is -0.274. The molecular formula is C21H25Cl2N3O4S2. The molecule has 0 radical (unpaired) electrons. The number of sulfonamides is 1. The van der Waals surface area contributed by atoms with E-state index in [1.807, 2.05) is 0 Å². The Morgan fingerprint density at radius 2 is 1.81 bits per heavy atom. The van der Waals surface area contributed by atoms with E-state index < -0.39 is 21.8 Å². The molecule has 32 heavy (non-hydrogen) atoms. The summed E-state index contributed by atoms with van der Waals surface area (Å²) in [6, 6.07) is 5.61. The molecule has 1 aromatic heterocycles. The summed E-state index contributed by atoms with van der Waals surface area (Å²) in [7, 11) is -3.78. The lowest BCUT2D eigenvalue weighted by atomic mass is 9.87. The Morgan fingerprint density at radius 3 is 2.38 bits per heavy atom. The van der Waals surface area contributed by atoms with Crippen molar-refractivity contribution in [3.8, 4) is 0 Å². The average Bonchev–Trinajstić information content (AvgIpc) is 3.10. The van der Waals surface area contributed by atoms with Gasteiger partial charge in [-0.2, -0.15) is 4.31 Å². The fraction of sp³-hybridized carbons (Fsp3) is 0.429. The number of amides is 2. The maximum atomic E-state index is 12.8. The van der Waals surface area contributed by atoms with Gasteiger partial charge in [0.1, 0.15) is 5.00 Å². The minimum Gasteiger partial charge on any atom is -0.365 e. The van der Waals surface area contributed by atoms with Crippen LogP contribution in [0.1, 0.15) is 44.5 Å². The number of hydrogen-bond donors (Lipinski definition) is 2. The SMILES string of the molecule is CC1CCc2sc(NC(=O)c3ccc(S(=O)(=O)N(CCCl)CCCl)cc3)c(C(N)=O)c2C1. The predicted molar refractivity (Wildman–Crippen MR) is 129 cm³/mol. The van der Waals surface area contributed by atoms with Gasteiger partial charge in [0.05, 0.1) is 10.5 Å². The number of nitrogens with zero attached hydrogens (tertiary/aromatic N) is 1. The zero-order chi connectivity index (χ0) is 23.5. The quantitative estimate of drug-likeness (QED) is 0.494. The fourth-order valence-electron chi connectivity index (χ4n) is 3.75. The maximum absolute atomic E-state index is 12.8. The van der Waals surface area contributed by atoms with Crippen LogP contribution >= 0.6 is 34.5 Å². The van der Waals surface area contributed by atoms with Crippen LogP contribution in [-0.4, -0.2) is 49.4 Å². The van der Waals surface area contributed by atoms with Gasteiger partial charge in [0, 0.05) is 35.3 Å². The summed E-state index contributed by atoms with van der Waals surface area (Å²) in [4.78, 5) is 26.0. The van der Waals surface area contributed by atoms with Crippen LogP contribution in [0.4, 0.5) is 5.00 Å². The standard InChI is InChI=1S/C21H25Cl2N3O4S2/c1-13-2-7-17-16(12-13)18(19(24)27)21(31-17)25-20(28)14-3-5-15(6-4-14)32(29,30)26(10-8-22)11-9-23/h3-6,13H,2,7-12H2,1H3,(H2,24,27)(H,25,28). The number of benzene rings is 1. The van der Waals surface area contributed by atoms with Crippen LogP contribution in [0.15, 0.2) is 29.2 Å². The smallest absolute Gasteiger partial charge is 0.256 e. The van der Waals surface area contributed by atoms with E-state index in [2.05, 4.69) is 12.2 Å². The molecule has 1 heterocycles. The Hall–Kier alpha value is -1.65. The van der Waals surface area contributed by atoms with Crippen molar-refractivity contribution in [1.29, 1.82) is 0 Å². The number of carbonyl (C=O) groups is 2. The lowest BCUT2D eigenvalue weighted by molar-refractivity contribution is 0.1000.